The standard InChI is InChI=1S/C25H43N5/c1-20(18-30-16-12-22-7-5-6-8-23(22)19-30)17-28-21(2)25(29(3)4)11-15-27-24-9-13-26-14-10-24/h5,7,11,20,24,26-28H,2,6,8-10,12-19H2,1,3-4H3/b25-11-. The highest BCUT2D eigenvalue weighted by molar-refractivity contribution is 5.32. The Balaban J connectivity index is 1.41. The molecule has 1 aliphatic carbocycles. The topological polar surface area (TPSA) is 42.6 Å². The minimum absolute atomic E-state index is 0.597. The normalized spacial score (nSPS) is 22.0. The molecular weight excluding hydrogens is 370 g/mol. The van der Waals surface area contributed by atoms with Gasteiger partial charge in [0, 0.05) is 52.9 Å². The van der Waals surface area contributed by atoms with Crippen LogP contribution in [0.5, 0.6) is 0 Å². The summed E-state index contributed by atoms with van der Waals surface area (Å²) in [6.45, 7) is 14.3. The van der Waals surface area contributed by atoms with Crippen molar-refractivity contribution in [2.24, 2.45) is 5.92 Å². The lowest BCUT2D eigenvalue weighted by molar-refractivity contribution is 0.243. The smallest absolute Gasteiger partial charge is 0.0562 e. The molecule has 5 nitrogen and oxygen atoms in total. The number of piperidine rings is 1. The Morgan fingerprint density at radius 2 is 2.13 bits per heavy atom. The van der Waals surface area contributed by atoms with Gasteiger partial charge in [0.15, 0.2) is 0 Å². The maximum Gasteiger partial charge on any atom is 0.0562 e. The first kappa shape index (κ1) is 23.1. The fraction of sp³-hybridized carbons (Fsp3) is 0.680. The van der Waals surface area contributed by atoms with Crippen LogP contribution in [0.3, 0.4) is 0 Å². The van der Waals surface area contributed by atoms with E-state index in [-0.39, 0.29) is 0 Å². The molecule has 3 N–H and O–H groups in total. The minimum atomic E-state index is 0.597. The Hall–Kier alpha value is -1.56. The molecular formula is C25H43N5. The second kappa shape index (κ2) is 11.7. The van der Waals surface area contributed by atoms with Crippen LogP contribution in [0.15, 0.2) is 47.3 Å². The number of allylic oxidation sites excluding steroid dienone is 2. The summed E-state index contributed by atoms with van der Waals surface area (Å²) >= 11 is 0. The molecule has 0 aromatic heterocycles. The molecule has 0 saturated carbocycles. The zero-order chi connectivity index (χ0) is 21.3. The predicted molar refractivity (Wildman–Crippen MR) is 128 cm³/mol. The van der Waals surface area contributed by atoms with E-state index in [1.165, 1.54) is 44.3 Å². The van der Waals surface area contributed by atoms with Gasteiger partial charge in [-0.05, 0) is 62.8 Å². The third kappa shape index (κ3) is 7.00. The Kier molecular flexibility index (Phi) is 9.04. The number of hydrogen-bond donors (Lipinski definition) is 3. The molecule has 2 aliphatic heterocycles. The van der Waals surface area contributed by atoms with E-state index in [0.29, 0.717) is 12.0 Å². The molecule has 3 rings (SSSR count). The monoisotopic (exact) mass is 413 g/mol. The lowest BCUT2D eigenvalue weighted by Gasteiger charge is -2.33. The number of rotatable bonds is 10. The van der Waals surface area contributed by atoms with Crippen LogP contribution in [0.1, 0.15) is 39.0 Å². The van der Waals surface area contributed by atoms with Crippen molar-refractivity contribution in [1.82, 2.24) is 25.8 Å². The summed E-state index contributed by atoms with van der Waals surface area (Å²) in [5.74, 6) is 0.597. The molecule has 3 aliphatic rings. The molecule has 1 unspecified atom stereocenters. The summed E-state index contributed by atoms with van der Waals surface area (Å²) in [6, 6.07) is 0.631. The van der Waals surface area contributed by atoms with Crippen molar-refractivity contribution >= 4 is 0 Å². The van der Waals surface area contributed by atoms with Gasteiger partial charge in [0.05, 0.1) is 11.4 Å². The maximum absolute atomic E-state index is 4.33. The third-order valence-corrected chi connectivity index (χ3v) is 6.56. The first-order valence-corrected chi connectivity index (χ1v) is 11.9. The fourth-order valence-corrected chi connectivity index (χ4v) is 4.80. The van der Waals surface area contributed by atoms with Crippen LogP contribution >= 0.6 is 0 Å². The second-order valence-corrected chi connectivity index (χ2v) is 9.44. The Morgan fingerprint density at radius 3 is 2.90 bits per heavy atom. The molecule has 0 aromatic rings. The van der Waals surface area contributed by atoms with Crippen molar-refractivity contribution in [3.8, 4) is 0 Å². The average molecular weight is 414 g/mol. The lowest BCUT2D eigenvalue weighted by Crippen LogP contribution is -2.40. The molecule has 1 fully saturated rings. The SMILES string of the molecule is C=C(NCC(C)CN1CCC2=C(CCC=C2)C1)/C(=C/CNC1CCNCC1)N(C)C. The van der Waals surface area contributed by atoms with Gasteiger partial charge in [0.25, 0.3) is 0 Å². The highest BCUT2D eigenvalue weighted by Gasteiger charge is 2.20. The summed E-state index contributed by atoms with van der Waals surface area (Å²) in [6.07, 6.45) is 13.1. The maximum atomic E-state index is 4.33. The van der Waals surface area contributed by atoms with E-state index in [2.05, 4.69) is 71.6 Å². The zero-order valence-electron chi connectivity index (χ0n) is 19.5. The van der Waals surface area contributed by atoms with Crippen molar-refractivity contribution in [3.63, 3.8) is 0 Å². The Morgan fingerprint density at radius 1 is 1.33 bits per heavy atom. The van der Waals surface area contributed by atoms with Gasteiger partial charge in [-0.2, -0.15) is 0 Å². The van der Waals surface area contributed by atoms with E-state index in [9.17, 15) is 0 Å². The van der Waals surface area contributed by atoms with Crippen LogP contribution in [-0.2, 0) is 0 Å². The molecule has 168 valence electrons. The van der Waals surface area contributed by atoms with Crippen LogP contribution in [-0.4, -0.2) is 75.8 Å². The van der Waals surface area contributed by atoms with E-state index in [4.69, 9.17) is 0 Å². The molecule has 0 aromatic carbocycles. The van der Waals surface area contributed by atoms with Crippen LogP contribution in [0.25, 0.3) is 0 Å². The number of nitrogens with one attached hydrogen (secondary N) is 3. The second-order valence-electron chi connectivity index (χ2n) is 9.44. The van der Waals surface area contributed by atoms with Gasteiger partial charge in [0.1, 0.15) is 0 Å². The molecule has 0 amide bonds. The molecule has 1 saturated heterocycles. The Labute approximate surface area is 184 Å². The Bertz CT molecular complexity index is 654. The van der Waals surface area contributed by atoms with E-state index >= 15 is 0 Å². The lowest BCUT2D eigenvalue weighted by atomic mass is 9.91. The molecule has 2 heterocycles. The minimum Gasteiger partial charge on any atom is -0.384 e. The molecule has 5 heteroatoms. The summed E-state index contributed by atoms with van der Waals surface area (Å²) in [7, 11) is 4.20. The van der Waals surface area contributed by atoms with Crippen LogP contribution in [0, 0.1) is 5.92 Å². The van der Waals surface area contributed by atoms with Crippen LogP contribution in [0.2, 0.25) is 0 Å². The molecule has 0 radical (unpaired) electrons. The summed E-state index contributed by atoms with van der Waals surface area (Å²) in [5.41, 5.74) is 5.49. The third-order valence-electron chi connectivity index (χ3n) is 6.56. The van der Waals surface area contributed by atoms with Gasteiger partial charge in [-0.15, -0.1) is 0 Å². The van der Waals surface area contributed by atoms with Gasteiger partial charge < -0.3 is 20.9 Å². The predicted octanol–water partition coefficient (Wildman–Crippen LogP) is 2.87. The van der Waals surface area contributed by atoms with Gasteiger partial charge in [-0.1, -0.05) is 31.2 Å². The average Bonchev–Trinajstić information content (AvgIpc) is 2.75. The zero-order valence-corrected chi connectivity index (χ0v) is 19.5. The fourth-order valence-electron chi connectivity index (χ4n) is 4.80. The van der Waals surface area contributed by atoms with Crippen molar-refractivity contribution in [2.45, 2.75) is 45.1 Å². The van der Waals surface area contributed by atoms with Crippen molar-refractivity contribution in [3.05, 3.63) is 47.3 Å². The first-order chi connectivity index (χ1) is 14.5. The number of hydrogen-bond acceptors (Lipinski definition) is 5. The van der Waals surface area contributed by atoms with Gasteiger partial charge >= 0.3 is 0 Å². The van der Waals surface area contributed by atoms with Crippen molar-refractivity contribution < 1.29 is 0 Å². The highest BCUT2D eigenvalue weighted by Crippen LogP contribution is 2.27. The van der Waals surface area contributed by atoms with Crippen LogP contribution in [0.4, 0.5) is 0 Å². The largest absolute Gasteiger partial charge is 0.384 e. The van der Waals surface area contributed by atoms with Crippen molar-refractivity contribution in [2.75, 3.05) is 59.9 Å². The van der Waals surface area contributed by atoms with Gasteiger partial charge in [-0.25, -0.2) is 0 Å². The van der Waals surface area contributed by atoms with Crippen molar-refractivity contribution in [1.29, 1.82) is 0 Å². The number of likely N-dealkylation sites (N-methyl/N-ethyl adjacent to an activating group) is 1. The molecule has 0 spiro atoms. The molecule has 30 heavy (non-hydrogen) atoms. The molecule has 1 atom stereocenters. The van der Waals surface area contributed by atoms with Crippen LogP contribution < -0.4 is 16.0 Å². The van der Waals surface area contributed by atoms with Gasteiger partial charge in [0.2, 0.25) is 0 Å². The molecule has 0 bridgehead atoms. The quantitative estimate of drug-likeness (QED) is 0.481. The number of nitrogens with zero attached hydrogens (tertiary/aromatic N) is 2. The van der Waals surface area contributed by atoms with E-state index in [1.54, 1.807) is 11.1 Å². The highest BCUT2D eigenvalue weighted by atomic mass is 15.1. The first-order valence-electron chi connectivity index (χ1n) is 11.9. The summed E-state index contributed by atoms with van der Waals surface area (Å²) in [5, 5.41) is 10.7. The van der Waals surface area contributed by atoms with Gasteiger partial charge in [-0.3, -0.25) is 4.90 Å². The summed E-state index contributed by atoms with van der Waals surface area (Å²) < 4.78 is 0. The summed E-state index contributed by atoms with van der Waals surface area (Å²) in [4.78, 5) is 4.80. The van der Waals surface area contributed by atoms with E-state index in [0.717, 1.165) is 45.0 Å². The van der Waals surface area contributed by atoms with E-state index < -0.39 is 0 Å². The van der Waals surface area contributed by atoms with E-state index in [1.807, 2.05) is 0 Å².